The molecule has 124 valence electrons. The predicted octanol–water partition coefficient (Wildman–Crippen LogP) is 1.18. The average Bonchev–Trinajstić information content (AvgIpc) is 2.50. The minimum Gasteiger partial charge on any atom is -0.493 e. The highest BCUT2D eigenvalue weighted by Gasteiger charge is 2.29. The fourth-order valence-electron chi connectivity index (χ4n) is 1.80. The van der Waals surface area contributed by atoms with Crippen LogP contribution in [0.3, 0.4) is 0 Å². The number of rotatable bonds is 7. The molecule has 0 aliphatic carbocycles. The molecule has 0 bridgehead atoms. The highest BCUT2D eigenvalue weighted by Crippen LogP contribution is 2.29. The second kappa shape index (κ2) is 7.46. The van der Waals surface area contributed by atoms with Gasteiger partial charge >= 0.3 is 5.97 Å². The van der Waals surface area contributed by atoms with E-state index < -0.39 is 22.0 Å². The highest BCUT2D eigenvalue weighted by atomic mass is 32.2. The quantitative estimate of drug-likeness (QED) is 0.755. The number of hydrogen-bond donors (Lipinski definition) is 1. The molecular weight excluding hydrogens is 310 g/mol. The Labute approximate surface area is 130 Å². The third-order valence-electron chi connectivity index (χ3n) is 3.07. The first-order valence-corrected chi connectivity index (χ1v) is 8.07. The third-order valence-corrected chi connectivity index (χ3v) is 4.51. The van der Waals surface area contributed by atoms with Gasteiger partial charge in [0.1, 0.15) is 6.04 Å². The summed E-state index contributed by atoms with van der Waals surface area (Å²) in [6, 6.07) is 3.22. The molecule has 1 aromatic carbocycles. The van der Waals surface area contributed by atoms with E-state index in [0.717, 1.165) is 0 Å². The van der Waals surface area contributed by atoms with Crippen molar-refractivity contribution in [2.24, 2.45) is 5.92 Å². The monoisotopic (exact) mass is 331 g/mol. The summed E-state index contributed by atoms with van der Waals surface area (Å²) < 4.78 is 42.0. The van der Waals surface area contributed by atoms with E-state index in [0.29, 0.717) is 5.75 Å². The van der Waals surface area contributed by atoms with Crippen molar-refractivity contribution in [3.63, 3.8) is 0 Å². The van der Waals surface area contributed by atoms with E-state index in [2.05, 4.69) is 9.46 Å². The summed E-state index contributed by atoms with van der Waals surface area (Å²) in [7, 11) is 0.172. The first-order valence-electron chi connectivity index (χ1n) is 6.59. The third kappa shape index (κ3) is 4.11. The molecule has 0 aliphatic heterocycles. The molecule has 8 heteroatoms. The van der Waals surface area contributed by atoms with Crippen LogP contribution >= 0.6 is 0 Å². The average molecular weight is 331 g/mol. The number of carbonyl (C=O) groups is 1. The minimum absolute atomic E-state index is 0.0281. The number of ether oxygens (including phenoxy) is 3. The SMILES string of the molecule is COC(=O)[C@H](NS(=O)(=O)c1ccc(OC)c(OC)c1)C(C)C. The smallest absolute Gasteiger partial charge is 0.324 e. The van der Waals surface area contributed by atoms with E-state index in [-0.39, 0.29) is 16.6 Å². The van der Waals surface area contributed by atoms with Gasteiger partial charge in [0.15, 0.2) is 11.5 Å². The molecule has 7 nitrogen and oxygen atoms in total. The van der Waals surface area contributed by atoms with Gasteiger partial charge in [0, 0.05) is 6.07 Å². The molecule has 0 amide bonds. The Morgan fingerprint density at radius 3 is 2.14 bits per heavy atom. The standard InChI is InChI=1S/C14H21NO6S/c1-9(2)13(14(16)21-5)15-22(17,18)10-6-7-11(19-3)12(8-10)20-4/h6-9,13,15H,1-5H3/t13-/m1/s1. The van der Waals surface area contributed by atoms with Crippen molar-refractivity contribution in [2.45, 2.75) is 24.8 Å². The molecular formula is C14H21NO6S. The Bertz CT molecular complexity index is 626. The van der Waals surface area contributed by atoms with E-state index in [1.54, 1.807) is 13.8 Å². The zero-order chi connectivity index (χ0) is 16.9. The van der Waals surface area contributed by atoms with Gasteiger partial charge in [-0.25, -0.2) is 8.42 Å². The van der Waals surface area contributed by atoms with Crippen LogP contribution in [-0.4, -0.2) is 41.8 Å². The summed E-state index contributed by atoms with van der Waals surface area (Å²) >= 11 is 0. The molecule has 0 saturated carbocycles. The van der Waals surface area contributed by atoms with Gasteiger partial charge < -0.3 is 14.2 Å². The van der Waals surface area contributed by atoms with Crippen molar-refractivity contribution < 1.29 is 27.4 Å². The van der Waals surface area contributed by atoms with Gasteiger partial charge in [-0.05, 0) is 18.1 Å². The largest absolute Gasteiger partial charge is 0.493 e. The first-order chi connectivity index (χ1) is 10.3. The van der Waals surface area contributed by atoms with Crippen LogP contribution in [0.4, 0.5) is 0 Å². The van der Waals surface area contributed by atoms with Crippen LogP contribution in [0, 0.1) is 5.92 Å². The van der Waals surface area contributed by atoms with Gasteiger partial charge in [-0.3, -0.25) is 4.79 Å². The minimum atomic E-state index is -3.90. The molecule has 1 N–H and O–H groups in total. The van der Waals surface area contributed by atoms with Gasteiger partial charge in [0.25, 0.3) is 0 Å². The van der Waals surface area contributed by atoms with Crippen molar-refractivity contribution in [1.82, 2.24) is 4.72 Å². The number of methoxy groups -OCH3 is 3. The number of benzene rings is 1. The molecule has 0 heterocycles. The van der Waals surface area contributed by atoms with Gasteiger partial charge in [-0.15, -0.1) is 0 Å². The van der Waals surface area contributed by atoms with Crippen LogP contribution in [0.5, 0.6) is 11.5 Å². The molecule has 22 heavy (non-hydrogen) atoms. The molecule has 1 atom stereocenters. The topological polar surface area (TPSA) is 90.9 Å². The van der Waals surface area contributed by atoms with Crippen LogP contribution in [0.1, 0.15) is 13.8 Å². The Kier molecular flexibility index (Phi) is 6.19. The van der Waals surface area contributed by atoms with Crippen LogP contribution in [-0.2, 0) is 19.6 Å². The zero-order valence-corrected chi connectivity index (χ0v) is 14.1. The molecule has 0 saturated heterocycles. The maximum Gasteiger partial charge on any atom is 0.324 e. The number of nitrogens with one attached hydrogen (secondary N) is 1. The lowest BCUT2D eigenvalue weighted by Gasteiger charge is -2.20. The zero-order valence-electron chi connectivity index (χ0n) is 13.2. The molecule has 0 radical (unpaired) electrons. The van der Waals surface area contributed by atoms with E-state index in [1.165, 1.54) is 39.5 Å². The molecule has 1 rings (SSSR count). The summed E-state index contributed by atoms with van der Waals surface area (Å²) in [4.78, 5) is 11.7. The second-order valence-electron chi connectivity index (χ2n) is 4.88. The number of carbonyl (C=O) groups excluding carboxylic acids is 1. The maximum absolute atomic E-state index is 12.4. The second-order valence-corrected chi connectivity index (χ2v) is 6.60. The van der Waals surface area contributed by atoms with Gasteiger partial charge in [0.2, 0.25) is 10.0 Å². The fourth-order valence-corrected chi connectivity index (χ4v) is 3.15. The summed E-state index contributed by atoms with van der Waals surface area (Å²) in [5.74, 6) is -0.208. The number of sulfonamides is 1. The lowest BCUT2D eigenvalue weighted by Crippen LogP contribution is -2.44. The highest BCUT2D eigenvalue weighted by molar-refractivity contribution is 7.89. The summed E-state index contributed by atoms with van der Waals surface area (Å²) in [5, 5.41) is 0. The van der Waals surface area contributed by atoms with E-state index in [9.17, 15) is 13.2 Å². The Morgan fingerprint density at radius 2 is 1.68 bits per heavy atom. The maximum atomic E-state index is 12.4. The molecule has 0 spiro atoms. The molecule has 0 aliphatic rings. The normalized spacial score (nSPS) is 12.8. The summed E-state index contributed by atoms with van der Waals surface area (Å²) in [5.41, 5.74) is 0. The molecule has 0 fully saturated rings. The summed E-state index contributed by atoms with van der Waals surface area (Å²) in [6.07, 6.45) is 0. The number of hydrogen-bond acceptors (Lipinski definition) is 6. The van der Waals surface area contributed by atoms with E-state index in [1.807, 2.05) is 0 Å². The van der Waals surface area contributed by atoms with Crippen LogP contribution in [0.25, 0.3) is 0 Å². The van der Waals surface area contributed by atoms with Crippen LogP contribution < -0.4 is 14.2 Å². The van der Waals surface area contributed by atoms with Crippen molar-refractivity contribution in [3.05, 3.63) is 18.2 Å². The predicted molar refractivity (Wildman–Crippen MR) is 80.5 cm³/mol. The van der Waals surface area contributed by atoms with Crippen molar-refractivity contribution in [2.75, 3.05) is 21.3 Å². The summed E-state index contributed by atoms with van der Waals surface area (Å²) in [6.45, 7) is 3.44. The number of esters is 1. The van der Waals surface area contributed by atoms with Crippen LogP contribution in [0.15, 0.2) is 23.1 Å². The fraction of sp³-hybridized carbons (Fsp3) is 0.500. The lowest BCUT2D eigenvalue weighted by atomic mass is 10.1. The van der Waals surface area contributed by atoms with Gasteiger partial charge in [0.05, 0.1) is 26.2 Å². The van der Waals surface area contributed by atoms with Crippen molar-refractivity contribution in [3.8, 4) is 11.5 Å². The van der Waals surface area contributed by atoms with E-state index >= 15 is 0 Å². The molecule has 0 unspecified atom stereocenters. The Balaban J connectivity index is 3.15. The molecule has 1 aromatic rings. The Hall–Kier alpha value is -1.80. The van der Waals surface area contributed by atoms with Gasteiger partial charge in [-0.1, -0.05) is 13.8 Å². The van der Waals surface area contributed by atoms with Gasteiger partial charge in [-0.2, -0.15) is 4.72 Å². The lowest BCUT2D eigenvalue weighted by molar-refractivity contribution is -0.143. The van der Waals surface area contributed by atoms with Crippen molar-refractivity contribution >= 4 is 16.0 Å². The van der Waals surface area contributed by atoms with Crippen LogP contribution in [0.2, 0.25) is 0 Å². The first kappa shape index (κ1) is 18.2. The van der Waals surface area contributed by atoms with Crippen molar-refractivity contribution in [1.29, 1.82) is 0 Å². The van der Waals surface area contributed by atoms with E-state index in [4.69, 9.17) is 9.47 Å². The Morgan fingerprint density at radius 1 is 1.09 bits per heavy atom. The molecule has 0 aromatic heterocycles.